The topological polar surface area (TPSA) is 47.3 Å². The summed E-state index contributed by atoms with van der Waals surface area (Å²) in [5, 5.41) is 2.91. The van der Waals surface area contributed by atoms with E-state index in [2.05, 4.69) is 5.32 Å². The highest BCUT2D eigenvalue weighted by atomic mass is 16.5. The Morgan fingerprint density at radius 1 is 1.36 bits per heavy atom. The van der Waals surface area contributed by atoms with Gasteiger partial charge in [-0.2, -0.15) is 0 Å². The molecule has 0 saturated heterocycles. The second-order valence-corrected chi connectivity index (χ2v) is 2.30. The second-order valence-electron chi connectivity index (χ2n) is 2.30. The van der Waals surface area contributed by atoms with Crippen LogP contribution in [0.15, 0.2) is 47.8 Å². The zero-order valence-electron chi connectivity index (χ0n) is 5.87. The number of dihydropyridines is 1. The van der Waals surface area contributed by atoms with Crippen LogP contribution in [0.1, 0.15) is 0 Å². The van der Waals surface area contributed by atoms with Gasteiger partial charge in [-0.25, -0.2) is 0 Å². The highest BCUT2D eigenvalue weighted by Gasteiger charge is 2.12. The molecule has 11 heavy (non-hydrogen) atoms. The molecule has 3 nitrogen and oxygen atoms in total. The predicted octanol–water partition coefficient (Wildman–Crippen LogP) is 0.701. The number of rotatable bonds is 0. The summed E-state index contributed by atoms with van der Waals surface area (Å²) >= 11 is 0. The first-order valence-electron chi connectivity index (χ1n) is 3.34. The molecule has 3 N–H and O–H groups in total. The van der Waals surface area contributed by atoms with E-state index in [1.54, 1.807) is 18.5 Å². The van der Waals surface area contributed by atoms with E-state index >= 15 is 0 Å². The number of nitrogens with two attached hydrogens (primary N) is 1. The molecule has 2 aliphatic heterocycles. The predicted molar refractivity (Wildman–Crippen MR) is 41.8 cm³/mol. The van der Waals surface area contributed by atoms with Gasteiger partial charge < -0.3 is 15.8 Å². The lowest BCUT2D eigenvalue weighted by atomic mass is 10.1. The summed E-state index contributed by atoms with van der Waals surface area (Å²) < 4.78 is 5.18. The van der Waals surface area contributed by atoms with Crippen LogP contribution in [0.3, 0.4) is 0 Å². The maximum atomic E-state index is 5.68. The fourth-order valence-electron chi connectivity index (χ4n) is 1.02. The molecule has 0 atom stereocenters. The number of ether oxygens (including phenoxy) is 1. The molecule has 3 heteroatoms. The normalized spacial score (nSPS) is 20.2. The van der Waals surface area contributed by atoms with Gasteiger partial charge in [0.25, 0.3) is 0 Å². The van der Waals surface area contributed by atoms with Gasteiger partial charge in [0, 0.05) is 23.7 Å². The lowest BCUT2D eigenvalue weighted by molar-refractivity contribution is 0.353. The number of hydrogen-bond acceptors (Lipinski definition) is 3. The van der Waals surface area contributed by atoms with E-state index in [1.807, 2.05) is 12.3 Å². The van der Waals surface area contributed by atoms with E-state index in [1.165, 1.54) is 0 Å². The van der Waals surface area contributed by atoms with Crippen LogP contribution in [-0.4, -0.2) is 0 Å². The summed E-state index contributed by atoms with van der Waals surface area (Å²) in [5.41, 5.74) is 7.36. The Kier molecular flexibility index (Phi) is 1.22. The third-order valence-electron chi connectivity index (χ3n) is 1.58. The molecule has 0 bridgehead atoms. The van der Waals surface area contributed by atoms with Crippen molar-refractivity contribution in [1.29, 1.82) is 0 Å². The Balaban J connectivity index is 2.48. The zero-order chi connectivity index (χ0) is 7.68. The highest BCUT2D eigenvalue weighted by Crippen LogP contribution is 2.21. The molecule has 0 spiro atoms. The smallest absolute Gasteiger partial charge is 0.151 e. The summed E-state index contributed by atoms with van der Waals surface area (Å²) in [6.07, 6.45) is 8.78. The van der Waals surface area contributed by atoms with Crippen LogP contribution in [0.25, 0.3) is 0 Å². The van der Waals surface area contributed by atoms with Crippen molar-refractivity contribution in [1.82, 2.24) is 5.32 Å². The van der Waals surface area contributed by atoms with Crippen LogP contribution in [-0.2, 0) is 4.74 Å². The van der Waals surface area contributed by atoms with E-state index < -0.39 is 0 Å². The van der Waals surface area contributed by atoms with Gasteiger partial charge in [0.2, 0.25) is 0 Å². The standard InChI is InChI=1S/C8H8N2O/c9-7-2-4-11-8-5-10-3-1-6(7)8/h1-5,10H,9H2. The Labute approximate surface area is 64.5 Å². The Morgan fingerprint density at radius 2 is 2.27 bits per heavy atom. The quantitative estimate of drug-likeness (QED) is 0.531. The molecule has 0 saturated carbocycles. The van der Waals surface area contributed by atoms with Crippen molar-refractivity contribution in [3.8, 4) is 0 Å². The number of fused-ring (bicyclic) bond motifs is 1. The van der Waals surface area contributed by atoms with E-state index in [0.29, 0.717) is 0 Å². The van der Waals surface area contributed by atoms with E-state index in [0.717, 1.165) is 17.0 Å². The van der Waals surface area contributed by atoms with Crippen molar-refractivity contribution < 1.29 is 4.74 Å². The van der Waals surface area contributed by atoms with E-state index in [9.17, 15) is 0 Å². The Morgan fingerprint density at radius 3 is 3.09 bits per heavy atom. The van der Waals surface area contributed by atoms with E-state index in [4.69, 9.17) is 10.5 Å². The first-order chi connectivity index (χ1) is 5.38. The van der Waals surface area contributed by atoms with Crippen molar-refractivity contribution in [2.24, 2.45) is 5.73 Å². The largest absolute Gasteiger partial charge is 0.463 e. The molecule has 0 unspecified atom stereocenters. The van der Waals surface area contributed by atoms with Gasteiger partial charge in [-0.1, -0.05) is 0 Å². The number of hydrogen-bond donors (Lipinski definition) is 2. The molecule has 0 aromatic rings. The minimum Gasteiger partial charge on any atom is -0.463 e. The van der Waals surface area contributed by atoms with E-state index in [-0.39, 0.29) is 0 Å². The molecule has 2 heterocycles. The summed E-state index contributed by atoms with van der Waals surface area (Å²) in [6, 6.07) is 0. The van der Waals surface area contributed by atoms with Gasteiger partial charge in [-0.3, -0.25) is 0 Å². The lowest BCUT2D eigenvalue weighted by Crippen LogP contribution is -2.12. The first kappa shape index (κ1) is 6.09. The molecule has 2 aliphatic rings. The van der Waals surface area contributed by atoms with Gasteiger partial charge in [0.1, 0.15) is 0 Å². The average molecular weight is 148 g/mol. The van der Waals surface area contributed by atoms with Crippen molar-refractivity contribution in [2.45, 2.75) is 0 Å². The summed E-state index contributed by atoms with van der Waals surface area (Å²) in [7, 11) is 0. The summed E-state index contributed by atoms with van der Waals surface area (Å²) in [6.45, 7) is 0. The van der Waals surface area contributed by atoms with Crippen LogP contribution in [0.2, 0.25) is 0 Å². The van der Waals surface area contributed by atoms with Crippen LogP contribution in [0.4, 0.5) is 0 Å². The van der Waals surface area contributed by atoms with Crippen molar-refractivity contribution in [3.63, 3.8) is 0 Å². The summed E-state index contributed by atoms with van der Waals surface area (Å²) in [5.74, 6) is 0.771. The zero-order valence-corrected chi connectivity index (χ0v) is 5.87. The third-order valence-corrected chi connectivity index (χ3v) is 1.58. The molecular formula is C8H8N2O. The minimum atomic E-state index is 0.736. The molecule has 0 aromatic heterocycles. The second kappa shape index (κ2) is 2.20. The fourth-order valence-corrected chi connectivity index (χ4v) is 1.02. The fraction of sp³-hybridized carbons (Fsp3) is 0. The first-order valence-corrected chi connectivity index (χ1v) is 3.34. The Bertz CT molecular complexity index is 297. The Hall–Kier alpha value is -1.64. The summed E-state index contributed by atoms with van der Waals surface area (Å²) in [4.78, 5) is 0. The van der Waals surface area contributed by atoms with Crippen molar-refractivity contribution >= 4 is 0 Å². The van der Waals surface area contributed by atoms with Gasteiger partial charge in [-0.05, 0) is 12.2 Å². The van der Waals surface area contributed by atoms with Crippen LogP contribution in [0, 0.1) is 0 Å². The highest BCUT2D eigenvalue weighted by molar-refractivity contribution is 5.47. The van der Waals surface area contributed by atoms with Crippen LogP contribution in [0.5, 0.6) is 0 Å². The molecular weight excluding hydrogens is 140 g/mol. The molecule has 0 amide bonds. The van der Waals surface area contributed by atoms with Gasteiger partial charge in [-0.15, -0.1) is 0 Å². The molecule has 2 rings (SSSR count). The molecule has 0 aliphatic carbocycles. The minimum absolute atomic E-state index is 0.736. The van der Waals surface area contributed by atoms with Gasteiger partial charge in [0.15, 0.2) is 5.76 Å². The van der Waals surface area contributed by atoms with Crippen molar-refractivity contribution in [2.75, 3.05) is 0 Å². The van der Waals surface area contributed by atoms with Gasteiger partial charge >= 0.3 is 0 Å². The SMILES string of the molecule is NC1=C2C=CNC=C2OC=C1. The lowest BCUT2D eigenvalue weighted by Gasteiger charge is -2.16. The van der Waals surface area contributed by atoms with Crippen LogP contribution < -0.4 is 11.1 Å². The maximum absolute atomic E-state index is 5.68. The molecule has 56 valence electrons. The average Bonchev–Trinajstić information content (AvgIpc) is 2.06. The number of nitrogens with one attached hydrogen (secondary N) is 1. The van der Waals surface area contributed by atoms with Crippen molar-refractivity contribution in [3.05, 3.63) is 47.8 Å². The molecule has 0 radical (unpaired) electrons. The van der Waals surface area contributed by atoms with Gasteiger partial charge in [0.05, 0.1) is 6.26 Å². The third kappa shape index (κ3) is 0.902. The maximum Gasteiger partial charge on any atom is 0.151 e. The monoisotopic (exact) mass is 148 g/mol. The number of allylic oxidation sites excluding steroid dienone is 2. The van der Waals surface area contributed by atoms with Crippen LogP contribution >= 0.6 is 0 Å². The molecule has 0 aromatic carbocycles. The molecule has 0 fully saturated rings.